The minimum Gasteiger partial charge on any atom is -0.459 e. The van der Waals surface area contributed by atoms with Crippen LogP contribution in [0.2, 0.25) is 0 Å². The number of nitrogens with one attached hydrogen (secondary N) is 2. The molecule has 7 heteroatoms. The van der Waals surface area contributed by atoms with Gasteiger partial charge in [-0.2, -0.15) is 0 Å². The summed E-state index contributed by atoms with van der Waals surface area (Å²) in [6.45, 7) is 6.95. The van der Waals surface area contributed by atoms with E-state index in [-0.39, 0.29) is 36.8 Å². The number of fused-ring (bicyclic) bond motifs is 1. The summed E-state index contributed by atoms with van der Waals surface area (Å²) < 4.78 is 5.58. The van der Waals surface area contributed by atoms with Gasteiger partial charge in [0.25, 0.3) is 5.91 Å². The number of carbonyl (C=O) groups excluding carboxylic acids is 1. The number of anilines is 1. The van der Waals surface area contributed by atoms with Crippen LogP contribution in [0.1, 0.15) is 41.9 Å². The smallest absolute Gasteiger partial charge is 0.287 e. The lowest BCUT2D eigenvalue weighted by Gasteiger charge is -2.30. The Bertz CT molecular complexity index is 795. The van der Waals surface area contributed by atoms with E-state index in [9.17, 15) is 4.79 Å². The molecule has 2 aromatic rings. The Balaban J connectivity index is 0.00000140. The van der Waals surface area contributed by atoms with Crippen LogP contribution in [0.3, 0.4) is 0 Å². The Morgan fingerprint density at radius 3 is 2.82 bits per heavy atom. The van der Waals surface area contributed by atoms with E-state index in [2.05, 4.69) is 53.6 Å². The summed E-state index contributed by atoms with van der Waals surface area (Å²) in [4.78, 5) is 15.2. The van der Waals surface area contributed by atoms with Gasteiger partial charge in [0, 0.05) is 36.4 Å². The first-order chi connectivity index (χ1) is 12.6. The van der Waals surface area contributed by atoms with E-state index in [1.807, 2.05) is 6.07 Å². The third-order valence-corrected chi connectivity index (χ3v) is 5.79. The van der Waals surface area contributed by atoms with Gasteiger partial charge in [0.15, 0.2) is 5.76 Å². The molecule has 1 amide bonds. The van der Waals surface area contributed by atoms with Gasteiger partial charge in [0.2, 0.25) is 0 Å². The highest BCUT2D eigenvalue weighted by Gasteiger charge is 2.29. The summed E-state index contributed by atoms with van der Waals surface area (Å²) in [6, 6.07) is 11.0. The average Bonchev–Trinajstić information content (AvgIpc) is 3.22. The second-order valence-electron chi connectivity index (χ2n) is 7.63. The van der Waals surface area contributed by atoms with Gasteiger partial charge < -0.3 is 20.0 Å². The lowest BCUT2D eigenvalue weighted by molar-refractivity contribution is 0.0885. The van der Waals surface area contributed by atoms with Crippen molar-refractivity contribution in [1.29, 1.82) is 0 Å². The van der Waals surface area contributed by atoms with E-state index in [4.69, 9.17) is 4.42 Å². The molecule has 3 heterocycles. The van der Waals surface area contributed by atoms with Crippen LogP contribution in [-0.4, -0.2) is 31.1 Å². The van der Waals surface area contributed by atoms with Crippen molar-refractivity contribution in [2.24, 2.45) is 5.92 Å². The summed E-state index contributed by atoms with van der Waals surface area (Å²) in [5.41, 5.74) is 3.58. The summed E-state index contributed by atoms with van der Waals surface area (Å²) >= 11 is 0. The Morgan fingerprint density at radius 1 is 1.25 bits per heavy atom. The molecule has 3 unspecified atom stereocenters. The van der Waals surface area contributed by atoms with Gasteiger partial charge in [-0.1, -0.05) is 25.1 Å². The van der Waals surface area contributed by atoms with Crippen LogP contribution in [0.4, 0.5) is 5.69 Å². The van der Waals surface area contributed by atoms with Crippen LogP contribution in [0, 0.1) is 5.92 Å². The van der Waals surface area contributed by atoms with Gasteiger partial charge in [-0.15, -0.1) is 24.8 Å². The number of halogens is 2. The number of benzene rings is 1. The van der Waals surface area contributed by atoms with E-state index < -0.39 is 0 Å². The Morgan fingerprint density at radius 2 is 2.04 bits per heavy atom. The maximum absolute atomic E-state index is 12.8. The molecule has 4 rings (SSSR count). The van der Waals surface area contributed by atoms with Crippen molar-refractivity contribution in [2.75, 3.05) is 18.0 Å². The van der Waals surface area contributed by atoms with Crippen molar-refractivity contribution in [3.63, 3.8) is 0 Å². The molecule has 2 aliphatic rings. The fraction of sp³-hybridized carbons (Fsp3) is 0.476. The van der Waals surface area contributed by atoms with Gasteiger partial charge in [0.05, 0.1) is 6.26 Å². The number of hydrogen-bond donors (Lipinski definition) is 2. The molecule has 2 N–H and O–H groups in total. The SMILES string of the molecule is CC1CCNCC1NC(=O)c1occc1CN1c2ccccc2CC1C.Cl.Cl. The van der Waals surface area contributed by atoms with E-state index in [1.165, 1.54) is 11.3 Å². The minimum atomic E-state index is -0.106. The predicted octanol–water partition coefficient (Wildman–Crippen LogP) is 3.80. The minimum absolute atomic E-state index is 0. The van der Waals surface area contributed by atoms with Crippen molar-refractivity contribution in [2.45, 2.75) is 45.3 Å². The molecule has 154 valence electrons. The van der Waals surface area contributed by atoms with Crippen LogP contribution >= 0.6 is 24.8 Å². The molecule has 2 aliphatic heterocycles. The van der Waals surface area contributed by atoms with Gasteiger partial charge in [0.1, 0.15) is 0 Å². The lowest BCUT2D eigenvalue weighted by Crippen LogP contribution is -2.50. The second-order valence-corrected chi connectivity index (χ2v) is 7.63. The molecular formula is C21H29Cl2N3O2. The molecule has 1 aromatic heterocycles. The lowest BCUT2D eigenvalue weighted by atomic mass is 9.94. The van der Waals surface area contributed by atoms with Crippen molar-refractivity contribution >= 4 is 36.4 Å². The Hall–Kier alpha value is -1.69. The number of carbonyl (C=O) groups is 1. The molecule has 1 saturated heterocycles. The fourth-order valence-corrected chi connectivity index (χ4v) is 4.13. The van der Waals surface area contributed by atoms with Crippen LogP contribution in [0.5, 0.6) is 0 Å². The highest BCUT2D eigenvalue weighted by Crippen LogP contribution is 2.33. The monoisotopic (exact) mass is 425 g/mol. The Kier molecular flexibility index (Phi) is 7.81. The molecular weight excluding hydrogens is 397 g/mol. The summed E-state index contributed by atoms with van der Waals surface area (Å²) in [5, 5.41) is 6.51. The van der Waals surface area contributed by atoms with Gasteiger partial charge >= 0.3 is 0 Å². The van der Waals surface area contributed by atoms with Crippen molar-refractivity contribution < 1.29 is 9.21 Å². The molecule has 5 nitrogen and oxygen atoms in total. The number of hydrogen-bond acceptors (Lipinski definition) is 4. The van der Waals surface area contributed by atoms with Crippen LogP contribution < -0.4 is 15.5 Å². The number of furan rings is 1. The van der Waals surface area contributed by atoms with Gasteiger partial charge in [-0.25, -0.2) is 0 Å². The summed E-state index contributed by atoms with van der Waals surface area (Å²) in [6.07, 6.45) is 3.75. The highest BCUT2D eigenvalue weighted by molar-refractivity contribution is 5.93. The number of para-hydroxylation sites is 1. The number of piperidine rings is 1. The number of rotatable bonds is 4. The molecule has 0 saturated carbocycles. The largest absolute Gasteiger partial charge is 0.459 e. The third kappa shape index (κ3) is 4.48. The second kappa shape index (κ2) is 9.68. The molecule has 0 radical (unpaired) electrons. The first kappa shape index (κ1) is 22.6. The van der Waals surface area contributed by atoms with E-state index >= 15 is 0 Å². The molecule has 1 fully saturated rings. The van der Waals surface area contributed by atoms with E-state index in [0.717, 1.165) is 31.5 Å². The molecule has 1 aromatic carbocycles. The van der Waals surface area contributed by atoms with Crippen molar-refractivity contribution in [1.82, 2.24) is 10.6 Å². The third-order valence-electron chi connectivity index (χ3n) is 5.79. The van der Waals surface area contributed by atoms with Gasteiger partial charge in [-0.05, 0) is 49.9 Å². The topological polar surface area (TPSA) is 57.5 Å². The maximum atomic E-state index is 12.8. The van der Waals surface area contributed by atoms with E-state index in [0.29, 0.717) is 24.3 Å². The zero-order valence-corrected chi connectivity index (χ0v) is 17.9. The van der Waals surface area contributed by atoms with Crippen LogP contribution in [0.25, 0.3) is 0 Å². The van der Waals surface area contributed by atoms with Crippen molar-refractivity contribution in [3.05, 3.63) is 53.5 Å². The van der Waals surface area contributed by atoms with Crippen LogP contribution in [-0.2, 0) is 13.0 Å². The normalized spacial score (nSPS) is 23.4. The maximum Gasteiger partial charge on any atom is 0.287 e. The first-order valence-electron chi connectivity index (χ1n) is 9.56. The zero-order valence-electron chi connectivity index (χ0n) is 16.3. The molecule has 0 spiro atoms. The van der Waals surface area contributed by atoms with E-state index in [1.54, 1.807) is 6.26 Å². The summed E-state index contributed by atoms with van der Waals surface area (Å²) in [5.74, 6) is 0.814. The standard InChI is InChI=1S/C21H27N3O2.2ClH/c1-14-7-9-22-12-18(14)23-21(25)20-17(8-10-26-20)13-24-15(2)11-16-5-3-4-6-19(16)24;;/h3-6,8,10,14-15,18,22H,7,9,11-13H2,1-2H3,(H,23,25);2*1H. The molecule has 28 heavy (non-hydrogen) atoms. The zero-order chi connectivity index (χ0) is 18.1. The molecule has 0 bridgehead atoms. The highest BCUT2D eigenvalue weighted by atomic mass is 35.5. The molecule has 3 atom stereocenters. The van der Waals surface area contributed by atoms with Crippen LogP contribution in [0.15, 0.2) is 41.0 Å². The molecule has 0 aliphatic carbocycles. The fourth-order valence-electron chi connectivity index (χ4n) is 4.13. The van der Waals surface area contributed by atoms with Gasteiger partial charge in [-0.3, -0.25) is 4.79 Å². The first-order valence-corrected chi connectivity index (χ1v) is 9.56. The predicted molar refractivity (Wildman–Crippen MR) is 117 cm³/mol. The number of nitrogens with zero attached hydrogens (tertiary/aromatic N) is 1. The summed E-state index contributed by atoms with van der Waals surface area (Å²) in [7, 11) is 0. The average molecular weight is 426 g/mol. The number of amides is 1. The van der Waals surface area contributed by atoms with Crippen molar-refractivity contribution in [3.8, 4) is 0 Å². The Labute approximate surface area is 179 Å². The quantitative estimate of drug-likeness (QED) is 0.781.